The highest BCUT2D eigenvalue weighted by molar-refractivity contribution is 7.98. The van der Waals surface area contributed by atoms with Crippen molar-refractivity contribution < 1.29 is 23.1 Å². The SMILES string of the molecule is CCOC(=O)c1cnc(SC)nc1Nc1cc(S(=O)(=O)CC)ccc1O. The van der Waals surface area contributed by atoms with Gasteiger partial charge in [-0.25, -0.2) is 23.2 Å². The zero-order chi connectivity index (χ0) is 19.3. The second-order valence-electron chi connectivity index (χ2n) is 5.05. The molecule has 0 aliphatic carbocycles. The van der Waals surface area contributed by atoms with Gasteiger partial charge in [0.15, 0.2) is 15.0 Å². The van der Waals surface area contributed by atoms with Gasteiger partial charge in [-0.3, -0.25) is 0 Å². The number of esters is 1. The molecule has 0 unspecified atom stereocenters. The Morgan fingerprint density at radius 2 is 2.08 bits per heavy atom. The molecule has 0 aliphatic heterocycles. The summed E-state index contributed by atoms with van der Waals surface area (Å²) in [7, 11) is -3.46. The highest BCUT2D eigenvalue weighted by Gasteiger charge is 2.19. The van der Waals surface area contributed by atoms with Gasteiger partial charge in [0.1, 0.15) is 17.1 Å². The zero-order valence-corrected chi connectivity index (χ0v) is 16.1. The molecule has 1 aromatic carbocycles. The van der Waals surface area contributed by atoms with Crippen molar-refractivity contribution in [3.63, 3.8) is 0 Å². The Bertz CT molecular complexity index is 916. The summed E-state index contributed by atoms with van der Waals surface area (Å²) in [5, 5.41) is 13.3. The van der Waals surface area contributed by atoms with Crippen molar-refractivity contribution in [1.29, 1.82) is 0 Å². The normalized spacial score (nSPS) is 11.2. The molecule has 0 bridgehead atoms. The molecule has 140 valence electrons. The summed E-state index contributed by atoms with van der Waals surface area (Å²) < 4.78 is 29.1. The van der Waals surface area contributed by atoms with Gasteiger partial charge in [0.2, 0.25) is 0 Å². The number of aromatic hydroxyl groups is 1. The first-order valence-corrected chi connectivity index (χ1v) is 10.6. The summed E-state index contributed by atoms with van der Waals surface area (Å²) in [6.45, 7) is 3.38. The standard InChI is InChI=1S/C16H19N3O5S2/c1-4-24-15(21)11-9-17-16(25-3)19-14(11)18-12-8-10(6-7-13(12)20)26(22,23)5-2/h6-9,20H,4-5H2,1-3H3,(H,17,18,19). The van der Waals surface area contributed by atoms with Crippen LogP contribution in [0.2, 0.25) is 0 Å². The average Bonchev–Trinajstić information content (AvgIpc) is 2.63. The van der Waals surface area contributed by atoms with E-state index >= 15 is 0 Å². The van der Waals surface area contributed by atoms with E-state index in [1.165, 1.54) is 43.1 Å². The maximum absolute atomic E-state index is 12.1. The van der Waals surface area contributed by atoms with E-state index in [1.54, 1.807) is 13.2 Å². The smallest absolute Gasteiger partial charge is 0.343 e. The summed E-state index contributed by atoms with van der Waals surface area (Å²) in [4.78, 5) is 20.4. The number of ether oxygens (including phenoxy) is 1. The number of nitrogens with one attached hydrogen (secondary N) is 1. The third-order valence-electron chi connectivity index (χ3n) is 3.40. The number of benzene rings is 1. The van der Waals surface area contributed by atoms with Gasteiger partial charge < -0.3 is 15.2 Å². The molecule has 0 fully saturated rings. The van der Waals surface area contributed by atoms with Crippen LogP contribution in [-0.2, 0) is 14.6 Å². The van der Waals surface area contributed by atoms with Gasteiger partial charge >= 0.3 is 5.97 Å². The Kier molecular flexibility index (Phi) is 6.43. The van der Waals surface area contributed by atoms with Crippen molar-refractivity contribution >= 4 is 39.1 Å². The topological polar surface area (TPSA) is 118 Å². The van der Waals surface area contributed by atoms with Gasteiger partial charge in [0.05, 0.1) is 22.9 Å². The van der Waals surface area contributed by atoms with Crippen LogP contribution >= 0.6 is 11.8 Å². The van der Waals surface area contributed by atoms with Gasteiger partial charge in [0, 0.05) is 6.20 Å². The Morgan fingerprint density at radius 3 is 2.69 bits per heavy atom. The van der Waals surface area contributed by atoms with E-state index in [1.807, 2.05) is 0 Å². The Morgan fingerprint density at radius 1 is 1.35 bits per heavy atom. The van der Waals surface area contributed by atoms with E-state index in [2.05, 4.69) is 15.3 Å². The van der Waals surface area contributed by atoms with Crippen LogP contribution in [0.15, 0.2) is 34.4 Å². The van der Waals surface area contributed by atoms with Crippen LogP contribution < -0.4 is 5.32 Å². The molecule has 8 nitrogen and oxygen atoms in total. The molecule has 0 atom stereocenters. The molecule has 2 rings (SSSR count). The van der Waals surface area contributed by atoms with Crippen LogP contribution in [0, 0.1) is 0 Å². The van der Waals surface area contributed by atoms with E-state index in [0.717, 1.165) is 0 Å². The summed E-state index contributed by atoms with van der Waals surface area (Å²) in [6.07, 6.45) is 3.10. The van der Waals surface area contributed by atoms with Gasteiger partial charge in [0.25, 0.3) is 0 Å². The highest BCUT2D eigenvalue weighted by Crippen LogP contribution is 2.31. The number of phenolic OH excluding ortho intramolecular Hbond substituents is 1. The molecule has 2 N–H and O–H groups in total. The van der Waals surface area contributed by atoms with Crippen LogP contribution in [0.5, 0.6) is 5.75 Å². The molecule has 0 spiro atoms. The molecule has 26 heavy (non-hydrogen) atoms. The number of rotatable bonds is 7. The molecule has 2 aromatic rings. The van der Waals surface area contributed by atoms with Crippen LogP contribution in [0.1, 0.15) is 24.2 Å². The van der Waals surface area contributed by atoms with Gasteiger partial charge in [-0.2, -0.15) is 0 Å². The summed E-state index contributed by atoms with van der Waals surface area (Å²) in [6, 6.07) is 3.88. The lowest BCUT2D eigenvalue weighted by Gasteiger charge is -2.13. The van der Waals surface area contributed by atoms with E-state index in [4.69, 9.17) is 4.74 Å². The van der Waals surface area contributed by atoms with Crippen molar-refractivity contribution in [2.75, 3.05) is 23.9 Å². The third-order valence-corrected chi connectivity index (χ3v) is 5.70. The quantitative estimate of drug-likeness (QED) is 0.314. The highest BCUT2D eigenvalue weighted by atomic mass is 32.2. The van der Waals surface area contributed by atoms with E-state index < -0.39 is 15.8 Å². The minimum atomic E-state index is -3.46. The molecule has 0 amide bonds. The predicted octanol–water partition coefficient (Wildman–Crippen LogP) is 2.62. The van der Waals surface area contributed by atoms with E-state index in [9.17, 15) is 18.3 Å². The average molecular weight is 397 g/mol. The number of phenols is 1. The number of carbonyl (C=O) groups is 1. The molecule has 0 radical (unpaired) electrons. The van der Waals surface area contributed by atoms with Crippen molar-refractivity contribution in [3.05, 3.63) is 30.0 Å². The molecule has 0 aliphatic rings. The van der Waals surface area contributed by atoms with E-state index in [0.29, 0.717) is 5.16 Å². The first-order valence-electron chi connectivity index (χ1n) is 7.73. The monoisotopic (exact) mass is 397 g/mol. The first-order chi connectivity index (χ1) is 12.3. The fraction of sp³-hybridized carbons (Fsp3) is 0.312. The Labute approximate surface area is 155 Å². The lowest BCUT2D eigenvalue weighted by Crippen LogP contribution is -2.11. The maximum Gasteiger partial charge on any atom is 0.343 e. The lowest BCUT2D eigenvalue weighted by molar-refractivity contribution is 0.0526. The predicted molar refractivity (Wildman–Crippen MR) is 98.9 cm³/mol. The number of hydrogen-bond donors (Lipinski definition) is 2. The number of sulfone groups is 1. The van der Waals surface area contributed by atoms with Crippen LogP contribution in [-0.4, -0.2) is 48.1 Å². The maximum atomic E-state index is 12.1. The molecular weight excluding hydrogens is 378 g/mol. The van der Waals surface area contributed by atoms with Crippen molar-refractivity contribution in [2.45, 2.75) is 23.9 Å². The van der Waals surface area contributed by atoms with Crippen molar-refractivity contribution in [1.82, 2.24) is 9.97 Å². The number of hydrogen-bond acceptors (Lipinski definition) is 9. The van der Waals surface area contributed by atoms with E-state index in [-0.39, 0.29) is 40.1 Å². The van der Waals surface area contributed by atoms with Crippen LogP contribution in [0.25, 0.3) is 0 Å². The van der Waals surface area contributed by atoms with Gasteiger partial charge in [-0.15, -0.1) is 0 Å². The summed E-state index contributed by atoms with van der Waals surface area (Å²) >= 11 is 1.27. The molecule has 0 saturated heterocycles. The van der Waals surface area contributed by atoms with Crippen LogP contribution in [0.3, 0.4) is 0 Å². The largest absolute Gasteiger partial charge is 0.506 e. The van der Waals surface area contributed by atoms with Crippen molar-refractivity contribution in [2.24, 2.45) is 0 Å². The number of nitrogens with zero attached hydrogens (tertiary/aromatic N) is 2. The number of anilines is 2. The lowest BCUT2D eigenvalue weighted by atomic mass is 10.2. The molecule has 1 aromatic heterocycles. The summed E-state index contributed by atoms with van der Waals surface area (Å²) in [5.41, 5.74) is 0.184. The number of aromatic nitrogens is 2. The molecule has 10 heteroatoms. The fourth-order valence-corrected chi connectivity index (χ4v) is 3.27. The van der Waals surface area contributed by atoms with Gasteiger partial charge in [-0.05, 0) is 31.4 Å². The first kappa shape index (κ1) is 20.0. The van der Waals surface area contributed by atoms with Gasteiger partial charge in [-0.1, -0.05) is 18.7 Å². The molecule has 1 heterocycles. The Balaban J connectivity index is 2.50. The third kappa shape index (κ3) is 4.44. The second kappa shape index (κ2) is 8.37. The second-order valence-corrected chi connectivity index (χ2v) is 8.10. The molecular formula is C16H19N3O5S2. The minimum absolute atomic E-state index is 0.0529. The van der Waals surface area contributed by atoms with Crippen molar-refractivity contribution in [3.8, 4) is 5.75 Å². The Hall–Kier alpha value is -2.33. The summed E-state index contributed by atoms with van der Waals surface area (Å²) in [5.74, 6) is -0.766. The minimum Gasteiger partial charge on any atom is -0.506 e. The fourth-order valence-electron chi connectivity index (χ4n) is 2.02. The number of thioether (sulfide) groups is 1. The number of carbonyl (C=O) groups excluding carboxylic acids is 1. The molecule has 0 saturated carbocycles. The van der Waals surface area contributed by atoms with Crippen LogP contribution in [0.4, 0.5) is 11.5 Å². The zero-order valence-electron chi connectivity index (χ0n) is 14.5.